The Hall–Kier alpha value is -8.94. The lowest BCUT2D eigenvalue weighted by Crippen LogP contribution is -2.28. The fourth-order valence-corrected chi connectivity index (χ4v) is 11.2. The summed E-state index contributed by atoms with van der Waals surface area (Å²) >= 11 is 0. The van der Waals surface area contributed by atoms with E-state index in [1.165, 1.54) is 55.3 Å². The molecule has 13 rings (SSSR count). The Morgan fingerprint density at radius 3 is 1.93 bits per heavy atom. The van der Waals surface area contributed by atoms with Crippen LogP contribution in [0.25, 0.3) is 55.4 Å². The van der Waals surface area contributed by atoms with Gasteiger partial charge in [0.15, 0.2) is 0 Å². The van der Waals surface area contributed by atoms with Crippen molar-refractivity contribution in [1.82, 2.24) is 0 Å². The van der Waals surface area contributed by atoms with Crippen LogP contribution in [0.3, 0.4) is 0 Å². The van der Waals surface area contributed by atoms with Gasteiger partial charge >= 0.3 is 0 Å². The molecule has 1 atom stereocenters. The van der Waals surface area contributed by atoms with E-state index >= 15 is 0 Å². The molecular formula is C66H44N2. The Morgan fingerprint density at radius 1 is 0.441 bits per heavy atom. The average molecular weight is 865 g/mol. The lowest BCUT2D eigenvalue weighted by atomic mass is 9.67. The number of anilines is 4. The van der Waals surface area contributed by atoms with E-state index in [1.807, 2.05) is 6.08 Å². The summed E-state index contributed by atoms with van der Waals surface area (Å²) in [5.74, 6) is 0. The van der Waals surface area contributed by atoms with Crippen LogP contribution in [0.4, 0.5) is 22.7 Å². The summed E-state index contributed by atoms with van der Waals surface area (Å²) in [6.07, 6.45) is 14.9. The molecular weight excluding hydrogens is 821 g/mol. The van der Waals surface area contributed by atoms with Crippen molar-refractivity contribution >= 4 is 44.8 Å². The predicted molar refractivity (Wildman–Crippen MR) is 285 cm³/mol. The first kappa shape index (κ1) is 39.4. The first-order valence-corrected chi connectivity index (χ1v) is 23.4. The van der Waals surface area contributed by atoms with Gasteiger partial charge in [-0.2, -0.15) is 0 Å². The molecule has 2 aliphatic heterocycles. The molecule has 0 saturated heterocycles. The van der Waals surface area contributed by atoms with Gasteiger partial charge in [-0.1, -0.05) is 189 Å². The molecule has 0 fully saturated rings. The maximum Gasteiger partial charge on any atom is 0.0786 e. The molecule has 68 heavy (non-hydrogen) atoms. The smallest absolute Gasteiger partial charge is 0.0786 e. The highest BCUT2D eigenvalue weighted by Crippen LogP contribution is 2.58. The first-order valence-electron chi connectivity index (χ1n) is 23.4. The largest absolute Gasteiger partial charge is 0.315 e. The molecule has 0 radical (unpaired) electrons. The van der Waals surface area contributed by atoms with E-state index in [0.717, 1.165) is 61.9 Å². The fourth-order valence-electron chi connectivity index (χ4n) is 11.2. The molecule has 2 nitrogen and oxygen atoms in total. The standard InChI is InChI=1S/C66H44N2/c1-45-18-16-17-41-67-63-30-15-13-28-59(63)56-39-34-50(43-60(56)65(67)64(45)48-20-4-2-5-21-48)47-31-35-53(36-32-47)68(54-37-33-46-19-8-9-22-49(46)42-54)55-38-40-58-57-27-12-14-29-61(57)66(62(58)44-55,52-25-10-11-26-52)51-23-6-3-7-24-51/h2-25,27-44H,1H2/b18-16-,41-17-,65-64+. The van der Waals surface area contributed by atoms with Crippen LogP contribution < -0.4 is 9.80 Å². The number of benzene rings is 9. The Bertz CT molecular complexity index is 3730. The number of allylic oxidation sites excluding steroid dienone is 8. The lowest BCUT2D eigenvalue weighted by molar-refractivity contribution is 0.770. The SMILES string of the molecule is C=C1/C=C\C=C/N2/C(=C\1c1ccccc1)c1cc(-c3ccc(N(c4ccc5c(c4)C(C4=C=CC=C4)(c4ccccc4)c4ccccc4-5)c4ccc5ccccc5c4)cc3)ccc1-c1ccccc12. The molecule has 0 saturated carbocycles. The van der Waals surface area contributed by atoms with Crippen molar-refractivity contribution in [2.75, 3.05) is 9.80 Å². The van der Waals surface area contributed by atoms with Crippen molar-refractivity contribution in [1.29, 1.82) is 0 Å². The van der Waals surface area contributed by atoms with Gasteiger partial charge in [-0.3, -0.25) is 0 Å². The molecule has 9 aromatic rings. The second-order valence-electron chi connectivity index (χ2n) is 17.9. The Balaban J connectivity index is 0.980. The van der Waals surface area contributed by atoms with Crippen molar-refractivity contribution in [2.24, 2.45) is 0 Å². The summed E-state index contributed by atoms with van der Waals surface area (Å²) < 4.78 is 0. The van der Waals surface area contributed by atoms with Gasteiger partial charge in [0.25, 0.3) is 0 Å². The number of rotatable bonds is 7. The van der Waals surface area contributed by atoms with Crippen molar-refractivity contribution in [3.63, 3.8) is 0 Å². The summed E-state index contributed by atoms with van der Waals surface area (Å²) in [6.45, 7) is 4.62. The van der Waals surface area contributed by atoms with E-state index in [4.69, 9.17) is 0 Å². The van der Waals surface area contributed by atoms with Crippen LogP contribution in [0.1, 0.15) is 27.8 Å². The van der Waals surface area contributed by atoms with E-state index in [1.54, 1.807) is 0 Å². The number of fused-ring (bicyclic) bond motifs is 10. The third-order valence-electron chi connectivity index (χ3n) is 14.2. The van der Waals surface area contributed by atoms with E-state index < -0.39 is 5.41 Å². The van der Waals surface area contributed by atoms with Gasteiger partial charge in [-0.15, -0.1) is 5.73 Å². The zero-order chi connectivity index (χ0) is 45.2. The average Bonchev–Trinajstić information content (AvgIpc) is 4.04. The Morgan fingerprint density at radius 2 is 1.10 bits per heavy atom. The number of hydrogen-bond acceptors (Lipinski definition) is 2. The molecule has 2 heterocycles. The third kappa shape index (κ3) is 6.13. The van der Waals surface area contributed by atoms with Gasteiger partial charge in [0.05, 0.1) is 16.8 Å². The number of hydrogen-bond donors (Lipinski definition) is 0. The van der Waals surface area contributed by atoms with Crippen LogP contribution in [0, 0.1) is 0 Å². The molecule has 318 valence electrons. The highest BCUT2D eigenvalue weighted by atomic mass is 15.1. The van der Waals surface area contributed by atoms with Crippen LogP contribution >= 0.6 is 0 Å². The summed E-state index contributed by atoms with van der Waals surface area (Å²) in [5.41, 5.74) is 25.2. The lowest BCUT2D eigenvalue weighted by Gasteiger charge is -2.36. The summed E-state index contributed by atoms with van der Waals surface area (Å²) in [5, 5.41) is 2.41. The molecule has 0 amide bonds. The molecule has 0 spiro atoms. The molecule has 0 N–H and O–H groups in total. The first-order chi connectivity index (χ1) is 33.6. The normalized spacial score (nSPS) is 18.1. The number of nitrogens with zero attached hydrogens (tertiary/aromatic N) is 2. The van der Waals surface area contributed by atoms with Crippen molar-refractivity contribution in [3.8, 4) is 33.4 Å². The van der Waals surface area contributed by atoms with Crippen LogP contribution in [0.15, 0.2) is 278 Å². The second-order valence-corrected chi connectivity index (χ2v) is 17.9. The predicted octanol–water partition coefficient (Wildman–Crippen LogP) is 16.9. The summed E-state index contributed by atoms with van der Waals surface area (Å²) in [7, 11) is 0. The molecule has 1 unspecified atom stereocenters. The molecule has 4 aliphatic rings. The van der Waals surface area contributed by atoms with Crippen molar-refractivity contribution in [2.45, 2.75) is 5.41 Å². The van der Waals surface area contributed by atoms with Gasteiger partial charge < -0.3 is 9.80 Å². The topological polar surface area (TPSA) is 6.48 Å². The van der Waals surface area contributed by atoms with Crippen LogP contribution in [-0.2, 0) is 5.41 Å². The molecule has 0 bridgehead atoms. The maximum absolute atomic E-state index is 4.62. The van der Waals surface area contributed by atoms with Crippen molar-refractivity contribution < 1.29 is 0 Å². The molecule has 2 aliphatic carbocycles. The Kier molecular flexibility index (Phi) is 9.22. The maximum atomic E-state index is 4.62. The van der Waals surface area contributed by atoms with Crippen LogP contribution in [0.5, 0.6) is 0 Å². The highest BCUT2D eigenvalue weighted by molar-refractivity contribution is 6.12. The molecule has 2 heteroatoms. The van der Waals surface area contributed by atoms with Crippen LogP contribution in [-0.4, -0.2) is 0 Å². The molecule has 0 aromatic heterocycles. The Labute approximate surface area is 397 Å². The van der Waals surface area contributed by atoms with E-state index in [9.17, 15) is 0 Å². The summed E-state index contributed by atoms with van der Waals surface area (Å²) in [4.78, 5) is 4.77. The van der Waals surface area contributed by atoms with E-state index in [-0.39, 0.29) is 0 Å². The zero-order valence-electron chi connectivity index (χ0n) is 37.4. The minimum atomic E-state index is -0.543. The van der Waals surface area contributed by atoms with Gasteiger partial charge in [0.1, 0.15) is 0 Å². The van der Waals surface area contributed by atoms with Gasteiger partial charge in [-0.05, 0) is 133 Å². The quantitative estimate of drug-likeness (QED) is 0.147. The zero-order valence-corrected chi connectivity index (χ0v) is 37.4. The van der Waals surface area contributed by atoms with Gasteiger partial charge in [0, 0.05) is 45.5 Å². The third-order valence-corrected chi connectivity index (χ3v) is 14.2. The number of para-hydroxylation sites is 1. The minimum absolute atomic E-state index is 0.543. The highest BCUT2D eigenvalue weighted by Gasteiger charge is 2.47. The van der Waals surface area contributed by atoms with E-state index in [0.29, 0.717) is 0 Å². The minimum Gasteiger partial charge on any atom is -0.315 e. The molecule has 9 aromatic carbocycles. The monoisotopic (exact) mass is 864 g/mol. The fraction of sp³-hybridized carbons (Fsp3) is 0.0152. The summed E-state index contributed by atoms with van der Waals surface area (Å²) in [6, 6.07) is 77.9. The second kappa shape index (κ2) is 15.9. The van der Waals surface area contributed by atoms with Crippen molar-refractivity contribution in [3.05, 3.63) is 306 Å². The van der Waals surface area contributed by atoms with E-state index in [2.05, 4.69) is 271 Å². The van der Waals surface area contributed by atoms with Gasteiger partial charge in [0.2, 0.25) is 0 Å². The van der Waals surface area contributed by atoms with Gasteiger partial charge in [-0.25, -0.2) is 0 Å². The van der Waals surface area contributed by atoms with Crippen LogP contribution in [0.2, 0.25) is 0 Å².